The van der Waals surface area contributed by atoms with Gasteiger partial charge in [0, 0.05) is 17.0 Å². The zero-order valence-corrected chi connectivity index (χ0v) is 11.5. The Kier molecular flexibility index (Phi) is 4.56. The topological polar surface area (TPSA) is 20.2 Å². The first-order chi connectivity index (χ1) is 9.11. The van der Waals surface area contributed by atoms with Crippen LogP contribution >= 0.6 is 11.6 Å². The van der Waals surface area contributed by atoms with Crippen LogP contribution in [-0.4, -0.2) is 5.11 Å². The number of hydrogen-bond acceptors (Lipinski definition) is 1. The fourth-order valence-electron chi connectivity index (χ4n) is 2.01. The Morgan fingerprint density at radius 1 is 1.16 bits per heavy atom. The number of aryl methyl sites for hydroxylation is 1. The fourth-order valence-corrected chi connectivity index (χ4v) is 2.25. The van der Waals surface area contributed by atoms with Gasteiger partial charge in [-0.05, 0) is 29.7 Å². The molecule has 2 aromatic rings. The summed E-state index contributed by atoms with van der Waals surface area (Å²) in [7, 11) is 0. The third-order valence-electron chi connectivity index (χ3n) is 3.23. The van der Waals surface area contributed by atoms with E-state index in [1.165, 1.54) is 11.6 Å². The van der Waals surface area contributed by atoms with Crippen molar-refractivity contribution in [3.63, 3.8) is 0 Å². The summed E-state index contributed by atoms with van der Waals surface area (Å²) in [6.45, 7) is 2.07. The molecular formula is C16H16ClFO. The van der Waals surface area contributed by atoms with Crippen molar-refractivity contribution in [3.8, 4) is 0 Å². The molecule has 0 aliphatic carbocycles. The number of aliphatic hydroxyl groups is 1. The summed E-state index contributed by atoms with van der Waals surface area (Å²) in [5.41, 5.74) is 2.34. The summed E-state index contributed by atoms with van der Waals surface area (Å²) in [4.78, 5) is 0. The lowest BCUT2D eigenvalue weighted by molar-refractivity contribution is 0.177. The van der Waals surface area contributed by atoms with E-state index in [0.717, 1.165) is 12.0 Å². The van der Waals surface area contributed by atoms with E-state index in [1.807, 2.05) is 24.3 Å². The molecular weight excluding hydrogens is 263 g/mol. The van der Waals surface area contributed by atoms with Gasteiger partial charge in [-0.25, -0.2) is 4.39 Å². The van der Waals surface area contributed by atoms with E-state index < -0.39 is 6.10 Å². The SMILES string of the molecule is CCc1ccc(C(O)Cc2c(F)cccc2Cl)cc1. The van der Waals surface area contributed by atoms with Crippen molar-refractivity contribution in [3.05, 3.63) is 70.0 Å². The van der Waals surface area contributed by atoms with Crippen LogP contribution in [0.15, 0.2) is 42.5 Å². The Morgan fingerprint density at radius 2 is 1.84 bits per heavy atom. The first-order valence-electron chi connectivity index (χ1n) is 6.31. The second-order valence-corrected chi connectivity index (χ2v) is 4.92. The van der Waals surface area contributed by atoms with Gasteiger partial charge < -0.3 is 5.11 Å². The standard InChI is InChI=1S/C16H16ClFO/c1-2-11-6-8-12(9-7-11)16(19)10-13-14(17)4-3-5-15(13)18/h3-9,16,19H,2,10H2,1H3. The Hall–Kier alpha value is -1.38. The first-order valence-corrected chi connectivity index (χ1v) is 6.69. The molecule has 0 spiro atoms. The molecule has 0 aliphatic rings. The van der Waals surface area contributed by atoms with Crippen LogP contribution in [-0.2, 0) is 12.8 Å². The van der Waals surface area contributed by atoms with Gasteiger partial charge in [0.05, 0.1) is 6.10 Å². The highest BCUT2D eigenvalue weighted by Gasteiger charge is 2.14. The monoisotopic (exact) mass is 278 g/mol. The highest BCUT2D eigenvalue weighted by Crippen LogP contribution is 2.25. The third-order valence-corrected chi connectivity index (χ3v) is 3.59. The van der Waals surface area contributed by atoms with E-state index in [4.69, 9.17) is 11.6 Å². The van der Waals surface area contributed by atoms with Gasteiger partial charge >= 0.3 is 0 Å². The van der Waals surface area contributed by atoms with Crippen molar-refractivity contribution in [2.24, 2.45) is 0 Å². The quantitative estimate of drug-likeness (QED) is 0.883. The molecule has 1 N–H and O–H groups in total. The maximum absolute atomic E-state index is 13.6. The van der Waals surface area contributed by atoms with E-state index in [-0.39, 0.29) is 12.2 Å². The Bertz CT molecular complexity index is 531. The highest BCUT2D eigenvalue weighted by atomic mass is 35.5. The molecule has 0 aliphatic heterocycles. The highest BCUT2D eigenvalue weighted by molar-refractivity contribution is 6.31. The van der Waals surface area contributed by atoms with Crippen LogP contribution in [0, 0.1) is 5.82 Å². The summed E-state index contributed by atoms with van der Waals surface area (Å²) in [6, 6.07) is 12.2. The van der Waals surface area contributed by atoms with E-state index >= 15 is 0 Å². The second kappa shape index (κ2) is 6.18. The van der Waals surface area contributed by atoms with Gasteiger partial charge in [0.1, 0.15) is 5.82 Å². The molecule has 100 valence electrons. The lowest BCUT2D eigenvalue weighted by Crippen LogP contribution is -2.04. The van der Waals surface area contributed by atoms with Crippen LogP contribution in [0.1, 0.15) is 29.7 Å². The van der Waals surface area contributed by atoms with E-state index in [0.29, 0.717) is 10.6 Å². The minimum Gasteiger partial charge on any atom is -0.388 e. The van der Waals surface area contributed by atoms with Gasteiger partial charge in [0.15, 0.2) is 0 Å². The van der Waals surface area contributed by atoms with Crippen LogP contribution in [0.2, 0.25) is 5.02 Å². The normalized spacial score (nSPS) is 12.4. The summed E-state index contributed by atoms with van der Waals surface area (Å²) in [5.74, 6) is -0.378. The molecule has 1 unspecified atom stereocenters. The van der Waals surface area contributed by atoms with Gasteiger partial charge in [0.25, 0.3) is 0 Å². The molecule has 2 aromatic carbocycles. The number of hydrogen-bond donors (Lipinski definition) is 1. The molecule has 0 bridgehead atoms. The summed E-state index contributed by atoms with van der Waals surface area (Å²) in [6.07, 6.45) is 0.382. The minimum atomic E-state index is -0.750. The Morgan fingerprint density at radius 3 is 2.42 bits per heavy atom. The molecule has 1 atom stereocenters. The average molecular weight is 279 g/mol. The molecule has 1 nitrogen and oxygen atoms in total. The van der Waals surface area contributed by atoms with Gasteiger partial charge in [-0.2, -0.15) is 0 Å². The molecule has 0 aromatic heterocycles. The maximum atomic E-state index is 13.6. The number of halogens is 2. The molecule has 0 saturated heterocycles. The van der Waals surface area contributed by atoms with Crippen LogP contribution in [0.5, 0.6) is 0 Å². The van der Waals surface area contributed by atoms with Crippen LogP contribution in [0.25, 0.3) is 0 Å². The van der Waals surface area contributed by atoms with Crippen molar-refractivity contribution < 1.29 is 9.50 Å². The van der Waals surface area contributed by atoms with Crippen LogP contribution < -0.4 is 0 Å². The summed E-state index contributed by atoms with van der Waals surface area (Å²) in [5, 5.41) is 10.5. The maximum Gasteiger partial charge on any atom is 0.127 e. The largest absolute Gasteiger partial charge is 0.388 e. The lowest BCUT2D eigenvalue weighted by atomic mass is 9.99. The van der Waals surface area contributed by atoms with Crippen molar-refractivity contribution in [1.29, 1.82) is 0 Å². The second-order valence-electron chi connectivity index (χ2n) is 4.52. The van der Waals surface area contributed by atoms with Gasteiger partial charge in [-0.15, -0.1) is 0 Å². The molecule has 0 heterocycles. The molecule has 2 rings (SSSR count). The fraction of sp³-hybridized carbons (Fsp3) is 0.250. The number of rotatable bonds is 4. The molecule has 19 heavy (non-hydrogen) atoms. The average Bonchev–Trinajstić information content (AvgIpc) is 2.43. The smallest absolute Gasteiger partial charge is 0.127 e. The first kappa shape index (κ1) is 14.0. The summed E-state index contributed by atoms with van der Waals surface area (Å²) < 4.78 is 13.6. The third kappa shape index (κ3) is 3.34. The van der Waals surface area contributed by atoms with Crippen molar-refractivity contribution >= 4 is 11.6 Å². The minimum absolute atomic E-state index is 0.178. The lowest BCUT2D eigenvalue weighted by Gasteiger charge is -2.13. The van der Waals surface area contributed by atoms with Crippen LogP contribution in [0.3, 0.4) is 0 Å². The van der Waals surface area contributed by atoms with E-state index in [1.54, 1.807) is 12.1 Å². The van der Waals surface area contributed by atoms with Gasteiger partial charge in [-0.1, -0.05) is 48.9 Å². The Balaban J connectivity index is 2.18. The number of aliphatic hydroxyl groups excluding tert-OH is 1. The van der Waals surface area contributed by atoms with Crippen molar-refractivity contribution in [2.45, 2.75) is 25.9 Å². The zero-order chi connectivity index (χ0) is 13.8. The molecule has 0 saturated carbocycles. The van der Waals surface area contributed by atoms with E-state index in [2.05, 4.69) is 6.92 Å². The van der Waals surface area contributed by atoms with Gasteiger partial charge in [-0.3, -0.25) is 0 Å². The molecule has 0 amide bonds. The predicted octanol–water partition coefficient (Wildman–Crippen LogP) is 4.32. The molecule has 0 radical (unpaired) electrons. The predicted molar refractivity (Wildman–Crippen MR) is 75.9 cm³/mol. The summed E-state index contributed by atoms with van der Waals surface area (Å²) >= 11 is 5.96. The van der Waals surface area contributed by atoms with E-state index in [9.17, 15) is 9.50 Å². The number of benzene rings is 2. The van der Waals surface area contributed by atoms with Crippen LogP contribution in [0.4, 0.5) is 4.39 Å². The molecule has 3 heteroatoms. The van der Waals surface area contributed by atoms with Crippen molar-refractivity contribution in [1.82, 2.24) is 0 Å². The Labute approximate surface area is 117 Å². The zero-order valence-electron chi connectivity index (χ0n) is 10.7. The molecule has 0 fully saturated rings. The van der Waals surface area contributed by atoms with Crippen molar-refractivity contribution in [2.75, 3.05) is 0 Å². The van der Waals surface area contributed by atoms with Gasteiger partial charge in [0.2, 0.25) is 0 Å².